The maximum atomic E-state index is 13.8. The van der Waals surface area contributed by atoms with Gasteiger partial charge < -0.3 is 10.2 Å². The molecule has 0 aromatic carbocycles. The smallest absolute Gasteiger partial charge is 0.223 e. The van der Waals surface area contributed by atoms with Crippen LogP contribution in [0.15, 0.2) is 12.3 Å². The van der Waals surface area contributed by atoms with Crippen LogP contribution in [0.2, 0.25) is 5.02 Å². The molecule has 0 unspecified atom stereocenters. The van der Waals surface area contributed by atoms with Crippen molar-refractivity contribution in [1.29, 1.82) is 0 Å². The van der Waals surface area contributed by atoms with Crippen molar-refractivity contribution in [2.75, 3.05) is 18.0 Å². The van der Waals surface area contributed by atoms with Crippen LogP contribution in [0, 0.1) is 11.7 Å². The number of nitrogens with one attached hydrogen (secondary N) is 1. The fourth-order valence-electron chi connectivity index (χ4n) is 2.54. The Bertz CT molecular complexity index is 513. The molecule has 1 aliphatic heterocycles. The molecule has 108 valence electrons. The summed E-state index contributed by atoms with van der Waals surface area (Å²) in [6.07, 6.45) is 5.13. The van der Waals surface area contributed by atoms with Crippen LogP contribution < -0.4 is 10.2 Å². The number of rotatable bonds is 3. The molecule has 2 fully saturated rings. The molecule has 0 bridgehead atoms. The number of hydrogen-bond donors (Lipinski definition) is 1. The van der Waals surface area contributed by atoms with Gasteiger partial charge in [0.25, 0.3) is 0 Å². The molecule has 6 heteroatoms. The van der Waals surface area contributed by atoms with Gasteiger partial charge in [-0.15, -0.1) is 0 Å². The molecule has 1 aliphatic carbocycles. The molecule has 1 saturated carbocycles. The summed E-state index contributed by atoms with van der Waals surface area (Å²) in [4.78, 5) is 17.9. The molecule has 2 aliphatic rings. The quantitative estimate of drug-likeness (QED) is 0.931. The van der Waals surface area contributed by atoms with Gasteiger partial charge in [-0.1, -0.05) is 11.6 Å². The van der Waals surface area contributed by atoms with Crippen molar-refractivity contribution in [3.63, 3.8) is 0 Å². The fraction of sp³-hybridized carbons (Fsp3) is 0.571. The Morgan fingerprint density at radius 1 is 1.35 bits per heavy atom. The van der Waals surface area contributed by atoms with Gasteiger partial charge in [0.2, 0.25) is 5.91 Å². The highest BCUT2D eigenvalue weighted by Crippen LogP contribution is 2.26. The average Bonchev–Trinajstić information content (AvgIpc) is 3.23. The van der Waals surface area contributed by atoms with E-state index >= 15 is 0 Å². The summed E-state index contributed by atoms with van der Waals surface area (Å²) in [5.74, 6) is 0.118. The fourth-order valence-corrected chi connectivity index (χ4v) is 2.68. The van der Waals surface area contributed by atoms with E-state index in [1.54, 1.807) is 0 Å². The summed E-state index contributed by atoms with van der Waals surface area (Å²) < 4.78 is 13.8. The van der Waals surface area contributed by atoms with Crippen molar-refractivity contribution in [3.05, 3.63) is 23.1 Å². The maximum Gasteiger partial charge on any atom is 0.223 e. The first-order valence-corrected chi connectivity index (χ1v) is 7.37. The molecule has 0 radical (unpaired) electrons. The summed E-state index contributed by atoms with van der Waals surface area (Å²) in [5, 5.41) is 3.33. The molecular formula is C14H17ClFN3O. The molecule has 4 nitrogen and oxygen atoms in total. The third-order valence-corrected chi connectivity index (χ3v) is 4.08. The summed E-state index contributed by atoms with van der Waals surface area (Å²) in [7, 11) is 0. The van der Waals surface area contributed by atoms with Gasteiger partial charge in [0.05, 0.1) is 5.02 Å². The number of aromatic nitrogens is 1. The Hall–Kier alpha value is -1.36. The van der Waals surface area contributed by atoms with Gasteiger partial charge in [-0.25, -0.2) is 9.37 Å². The molecular weight excluding hydrogens is 281 g/mol. The SMILES string of the molecule is O=C(NC1CC1)C1CCN(c2ncc(Cl)cc2F)CC1. The number of amides is 1. The lowest BCUT2D eigenvalue weighted by atomic mass is 9.96. The molecule has 0 spiro atoms. The Balaban J connectivity index is 1.58. The standard InChI is InChI=1S/C14H17ClFN3O/c15-10-7-12(16)13(17-8-10)19-5-3-9(4-6-19)14(20)18-11-1-2-11/h7-9,11H,1-6H2,(H,18,20). The van der Waals surface area contributed by atoms with Gasteiger partial charge in [0, 0.05) is 31.2 Å². The lowest BCUT2D eigenvalue weighted by molar-refractivity contribution is -0.125. The summed E-state index contributed by atoms with van der Waals surface area (Å²) in [6.45, 7) is 1.29. The van der Waals surface area contributed by atoms with Gasteiger partial charge in [-0.05, 0) is 31.7 Å². The normalized spacial score (nSPS) is 20.0. The highest BCUT2D eigenvalue weighted by Gasteiger charge is 2.30. The second-order valence-electron chi connectivity index (χ2n) is 5.50. The number of carbonyl (C=O) groups is 1. The van der Waals surface area contributed by atoms with Gasteiger partial charge in [0.15, 0.2) is 11.6 Å². The first kappa shape index (κ1) is 13.6. The third-order valence-electron chi connectivity index (χ3n) is 3.88. The van der Waals surface area contributed by atoms with E-state index in [4.69, 9.17) is 11.6 Å². The number of carbonyl (C=O) groups excluding carboxylic acids is 1. The predicted octanol–water partition coefficient (Wildman–Crippen LogP) is 2.37. The number of piperidine rings is 1. The predicted molar refractivity (Wildman–Crippen MR) is 75.3 cm³/mol. The Morgan fingerprint density at radius 3 is 2.65 bits per heavy atom. The highest BCUT2D eigenvalue weighted by molar-refractivity contribution is 6.30. The molecule has 3 rings (SSSR count). The summed E-state index contributed by atoms with van der Waals surface area (Å²) >= 11 is 5.70. The van der Waals surface area contributed by atoms with Crippen LogP contribution in [-0.2, 0) is 4.79 Å². The Morgan fingerprint density at radius 2 is 2.05 bits per heavy atom. The lowest BCUT2D eigenvalue weighted by Crippen LogP contribution is -2.41. The minimum Gasteiger partial charge on any atom is -0.354 e. The van der Waals surface area contributed by atoms with Crippen molar-refractivity contribution < 1.29 is 9.18 Å². The van der Waals surface area contributed by atoms with Crippen LogP contribution in [-0.4, -0.2) is 30.0 Å². The maximum absolute atomic E-state index is 13.8. The van der Waals surface area contributed by atoms with E-state index in [1.807, 2.05) is 4.90 Å². The van der Waals surface area contributed by atoms with E-state index < -0.39 is 5.82 Å². The number of pyridine rings is 1. The molecule has 1 amide bonds. The molecule has 1 saturated heterocycles. The minimum atomic E-state index is -0.404. The zero-order valence-electron chi connectivity index (χ0n) is 11.1. The van der Waals surface area contributed by atoms with E-state index in [1.165, 1.54) is 12.3 Å². The Kier molecular flexibility index (Phi) is 3.78. The molecule has 2 heterocycles. The molecule has 1 aromatic rings. The summed E-state index contributed by atoms with van der Waals surface area (Å²) in [5.41, 5.74) is 0. The summed E-state index contributed by atoms with van der Waals surface area (Å²) in [6, 6.07) is 1.67. The molecule has 0 atom stereocenters. The molecule has 20 heavy (non-hydrogen) atoms. The number of hydrogen-bond acceptors (Lipinski definition) is 3. The lowest BCUT2D eigenvalue weighted by Gasteiger charge is -2.32. The van der Waals surface area contributed by atoms with Gasteiger partial charge in [-0.3, -0.25) is 4.79 Å². The monoisotopic (exact) mass is 297 g/mol. The third kappa shape index (κ3) is 3.03. The molecule has 1 aromatic heterocycles. The first-order chi connectivity index (χ1) is 9.63. The van der Waals surface area contributed by atoms with Crippen molar-refractivity contribution >= 4 is 23.3 Å². The van der Waals surface area contributed by atoms with E-state index in [9.17, 15) is 9.18 Å². The first-order valence-electron chi connectivity index (χ1n) is 7.00. The van der Waals surface area contributed by atoms with Crippen molar-refractivity contribution in [2.24, 2.45) is 5.92 Å². The van der Waals surface area contributed by atoms with Crippen molar-refractivity contribution in [2.45, 2.75) is 31.7 Å². The average molecular weight is 298 g/mol. The topological polar surface area (TPSA) is 45.2 Å². The van der Waals surface area contributed by atoms with Crippen LogP contribution in [0.5, 0.6) is 0 Å². The van der Waals surface area contributed by atoms with E-state index in [-0.39, 0.29) is 11.8 Å². The molecule has 1 N–H and O–H groups in total. The second-order valence-corrected chi connectivity index (χ2v) is 5.94. The van der Waals surface area contributed by atoms with Crippen LogP contribution >= 0.6 is 11.6 Å². The van der Waals surface area contributed by atoms with Crippen LogP contribution in [0.1, 0.15) is 25.7 Å². The van der Waals surface area contributed by atoms with Crippen LogP contribution in [0.25, 0.3) is 0 Å². The highest BCUT2D eigenvalue weighted by atomic mass is 35.5. The second kappa shape index (κ2) is 5.56. The van der Waals surface area contributed by atoms with Crippen molar-refractivity contribution in [3.8, 4) is 0 Å². The number of nitrogens with zero attached hydrogens (tertiary/aromatic N) is 2. The van der Waals surface area contributed by atoms with E-state index in [0.29, 0.717) is 30.0 Å². The Labute approximate surface area is 122 Å². The van der Waals surface area contributed by atoms with E-state index in [2.05, 4.69) is 10.3 Å². The van der Waals surface area contributed by atoms with Gasteiger partial charge in [-0.2, -0.15) is 0 Å². The van der Waals surface area contributed by atoms with E-state index in [0.717, 1.165) is 25.7 Å². The zero-order chi connectivity index (χ0) is 14.1. The number of anilines is 1. The number of halogens is 2. The largest absolute Gasteiger partial charge is 0.354 e. The zero-order valence-corrected chi connectivity index (χ0v) is 11.9. The van der Waals surface area contributed by atoms with Crippen molar-refractivity contribution in [1.82, 2.24) is 10.3 Å². The minimum absolute atomic E-state index is 0.0437. The van der Waals surface area contributed by atoms with Crippen LogP contribution in [0.4, 0.5) is 10.2 Å². The van der Waals surface area contributed by atoms with Gasteiger partial charge in [0.1, 0.15) is 0 Å². The van der Waals surface area contributed by atoms with Crippen LogP contribution in [0.3, 0.4) is 0 Å². The van der Waals surface area contributed by atoms with Gasteiger partial charge >= 0.3 is 0 Å².